The van der Waals surface area contributed by atoms with Gasteiger partial charge in [-0.2, -0.15) is 13.2 Å². The second-order valence-corrected chi connectivity index (χ2v) is 5.97. The van der Waals surface area contributed by atoms with Gasteiger partial charge < -0.3 is 5.11 Å². The van der Waals surface area contributed by atoms with E-state index in [9.17, 15) is 18.3 Å². The Labute approximate surface area is 123 Å². The van der Waals surface area contributed by atoms with Gasteiger partial charge >= 0.3 is 6.18 Å². The Morgan fingerprint density at radius 2 is 1.71 bits per heavy atom. The largest absolute Gasteiger partial charge is 0.414 e. The van der Waals surface area contributed by atoms with Crippen molar-refractivity contribution in [2.45, 2.75) is 45.5 Å². The van der Waals surface area contributed by atoms with Gasteiger partial charge in [-0.1, -0.05) is 18.2 Å². The molecule has 21 heavy (non-hydrogen) atoms. The van der Waals surface area contributed by atoms with E-state index >= 15 is 0 Å². The molecule has 0 saturated carbocycles. The Bertz CT molecular complexity index is 459. The molecule has 1 heterocycles. The zero-order chi connectivity index (χ0) is 15.6. The molecule has 1 aromatic rings. The Kier molecular flexibility index (Phi) is 4.94. The second kappa shape index (κ2) is 6.36. The maximum atomic E-state index is 12.5. The van der Waals surface area contributed by atoms with Crippen LogP contribution in [0.4, 0.5) is 13.2 Å². The molecule has 2 rings (SSSR count). The van der Waals surface area contributed by atoms with Crippen LogP contribution in [-0.2, 0) is 6.54 Å². The minimum absolute atomic E-state index is 0.394. The summed E-state index contributed by atoms with van der Waals surface area (Å²) in [5.74, 6) is -0.667. The maximum Gasteiger partial charge on any atom is 0.414 e. The van der Waals surface area contributed by atoms with Gasteiger partial charge in [0.15, 0.2) is 6.10 Å². The van der Waals surface area contributed by atoms with Gasteiger partial charge in [-0.25, -0.2) is 0 Å². The molecular weight excluding hydrogens is 279 g/mol. The van der Waals surface area contributed by atoms with Crippen molar-refractivity contribution < 1.29 is 18.3 Å². The first kappa shape index (κ1) is 16.3. The molecule has 1 fully saturated rings. The molecule has 1 unspecified atom stereocenters. The van der Waals surface area contributed by atoms with E-state index in [1.807, 2.05) is 6.07 Å². The van der Waals surface area contributed by atoms with E-state index in [0.717, 1.165) is 6.54 Å². The first-order valence-electron chi connectivity index (χ1n) is 7.31. The highest BCUT2D eigenvalue weighted by atomic mass is 19.4. The predicted molar refractivity (Wildman–Crippen MR) is 76.0 cm³/mol. The first-order chi connectivity index (χ1) is 9.79. The third-order valence-corrected chi connectivity index (χ3v) is 4.44. The van der Waals surface area contributed by atoms with Crippen LogP contribution in [0.5, 0.6) is 0 Å². The molecule has 2 nitrogen and oxygen atoms in total. The summed E-state index contributed by atoms with van der Waals surface area (Å²) in [7, 11) is 0. The number of benzene rings is 1. The number of piperidine rings is 1. The van der Waals surface area contributed by atoms with Crippen LogP contribution in [0.25, 0.3) is 0 Å². The first-order valence-corrected chi connectivity index (χ1v) is 7.31. The SMILES string of the molecule is Cc1cccc(C)c1CN1CCC(C(O)C(F)(F)F)CC1. The Morgan fingerprint density at radius 3 is 2.19 bits per heavy atom. The molecule has 1 aromatic carbocycles. The number of aliphatic hydroxyl groups excluding tert-OH is 1. The van der Waals surface area contributed by atoms with Gasteiger partial charge in [-0.15, -0.1) is 0 Å². The third-order valence-electron chi connectivity index (χ3n) is 4.44. The third kappa shape index (κ3) is 3.98. The molecule has 1 aliphatic heterocycles. The number of alkyl halides is 3. The zero-order valence-corrected chi connectivity index (χ0v) is 12.5. The Hall–Kier alpha value is -1.07. The molecule has 118 valence electrons. The molecule has 1 N–H and O–H groups in total. The molecule has 1 saturated heterocycles. The Morgan fingerprint density at radius 1 is 1.19 bits per heavy atom. The summed E-state index contributed by atoms with van der Waals surface area (Å²) in [6, 6.07) is 6.13. The maximum absolute atomic E-state index is 12.5. The lowest BCUT2D eigenvalue weighted by Gasteiger charge is -2.35. The lowest BCUT2D eigenvalue weighted by molar-refractivity contribution is -0.223. The van der Waals surface area contributed by atoms with Crippen molar-refractivity contribution in [2.24, 2.45) is 5.92 Å². The van der Waals surface area contributed by atoms with Crippen molar-refractivity contribution in [2.75, 3.05) is 13.1 Å². The van der Waals surface area contributed by atoms with Crippen LogP contribution in [0.15, 0.2) is 18.2 Å². The van der Waals surface area contributed by atoms with Crippen LogP contribution in [0, 0.1) is 19.8 Å². The lowest BCUT2D eigenvalue weighted by Crippen LogP contribution is -2.43. The van der Waals surface area contributed by atoms with Crippen molar-refractivity contribution in [1.82, 2.24) is 4.90 Å². The van der Waals surface area contributed by atoms with Gasteiger partial charge in [-0.05, 0) is 62.4 Å². The number of aliphatic hydroxyl groups is 1. The summed E-state index contributed by atoms with van der Waals surface area (Å²) in [4.78, 5) is 2.18. The van der Waals surface area contributed by atoms with E-state index < -0.39 is 18.2 Å². The molecular formula is C16H22F3NO. The molecule has 0 bridgehead atoms. The minimum atomic E-state index is -4.50. The fourth-order valence-corrected chi connectivity index (χ4v) is 3.02. The van der Waals surface area contributed by atoms with E-state index in [2.05, 4.69) is 30.9 Å². The van der Waals surface area contributed by atoms with Crippen LogP contribution >= 0.6 is 0 Å². The summed E-state index contributed by atoms with van der Waals surface area (Å²) >= 11 is 0. The molecule has 0 radical (unpaired) electrons. The van der Waals surface area contributed by atoms with Crippen LogP contribution in [0.3, 0.4) is 0 Å². The smallest absolute Gasteiger partial charge is 0.383 e. The number of likely N-dealkylation sites (tertiary alicyclic amines) is 1. The fraction of sp³-hybridized carbons (Fsp3) is 0.625. The average Bonchev–Trinajstić information content (AvgIpc) is 2.42. The van der Waals surface area contributed by atoms with E-state index in [1.54, 1.807) is 0 Å². The van der Waals surface area contributed by atoms with Crippen molar-refractivity contribution in [1.29, 1.82) is 0 Å². The lowest BCUT2D eigenvalue weighted by atomic mass is 9.90. The summed E-state index contributed by atoms with van der Waals surface area (Å²) in [6.07, 6.45) is -5.89. The number of rotatable bonds is 3. The number of hydrogen-bond donors (Lipinski definition) is 1. The van der Waals surface area contributed by atoms with Gasteiger partial charge in [0.05, 0.1) is 0 Å². The van der Waals surface area contributed by atoms with Crippen LogP contribution in [0.2, 0.25) is 0 Å². The van der Waals surface area contributed by atoms with Gasteiger partial charge in [0, 0.05) is 6.54 Å². The highest BCUT2D eigenvalue weighted by Crippen LogP contribution is 2.32. The molecule has 5 heteroatoms. The molecule has 1 aliphatic rings. The van der Waals surface area contributed by atoms with Crippen molar-refractivity contribution in [3.8, 4) is 0 Å². The highest BCUT2D eigenvalue weighted by molar-refractivity contribution is 5.33. The number of aryl methyl sites for hydroxylation is 2. The number of nitrogens with zero attached hydrogens (tertiary/aromatic N) is 1. The molecule has 0 aromatic heterocycles. The standard InChI is InChI=1S/C16H22F3NO/c1-11-4-3-5-12(2)14(11)10-20-8-6-13(7-9-20)15(21)16(17,18)19/h3-5,13,15,21H,6-10H2,1-2H3. The summed E-state index contributed by atoms with van der Waals surface area (Å²) in [5.41, 5.74) is 3.69. The van der Waals surface area contributed by atoms with Crippen molar-refractivity contribution in [3.63, 3.8) is 0 Å². The van der Waals surface area contributed by atoms with E-state index in [-0.39, 0.29) is 0 Å². The Balaban J connectivity index is 1.93. The zero-order valence-electron chi connectivity index (χ0n) is 12.5. The quantitative estimate of drug-likeness (QED) is 0.924. The van der Waals surface area contributed by atoms with Gasteiger partial charge in [0.1, 0.15) is 0 Å². The fourth-order valence-electron chi connectivity index (χ4n) is 3.02. The van der Waals surface area contributed by atoms with Gasteiger partial charge in [0.2, 0.25) is 0 Å². The van der Waals surface area contributed by atoms with Crippen molar-refractivity contribution in [3.05, 3.63) is 34.9 Å². The van der Waals surface area contributed by atoms with Gasteiger partial charge in [-0.3, -0.25) is 4.90 Å². The normalized spacial score (nSPS) is 19.7. The molecule has 0 spiro atoms. The van der Waals surface area contributed by atoms with Crippen LogP contribution in [0.1, 0.15) is 29.5 Å². The summed E-state index contributed by atoms with van der Waals surface area (Å²) < 4.78 is 37.6. The highest BCUT2D eigenvalue weighted by Gasteiger charge is 2.44. The van der Waals surface area contributed by atoms with E-state index in [4.69, 9.17) is 0 Å². The monoisotopic (exact) mass is 301 g/mol. The van der Waals surface area contributed by atoms with Crippen molar-refractivity contribution >= 4 is 0 Å². The molecule has 0 amide bonds. The second-order valence-electron chi connectivity index (χ2n) is 5.97. The van der Waals surface area contributed by atoms with E-state index in [1.165, 1.54) is 16.7 Å². The van der Waals surface area contributed by atoms with Crippen LogP contribution in [-0.4, -0.2) is 35.4 Å². The molecule has 1 atom stereocenters. The van der Waals surface area contributed by atoms with Gasteiger partial charge in [0.25, 0.3) is 0 Å². The topological polar surface area (TPSA) is 23.5 Å². The average molecular weight is 301 g/mol. The van der Waals surface area contributed by atoms with E-state index in [0.29, 0.717) is 25.9 Å². The predicted octanol–water partition coefficient (Wildman–Crippen LogP) is 3.44. The number of halogens is 3. The van der Waals surface area contributed by atoms with Crippen LogP contribution < -0.4 is 0 Å². The minimum Gasteiger partial charge on any atom is -0.383 e. The molecule has 0 aliphatic carbocycles. The summed E-state index contributed by atoms with van der Waals surface area (Å²) in [6.45, 7) is 6.09. The summed E-state index contributed by atoms with van der Waals surface area (Å²) in [5, 5.41) is 9.33. The number of hydrogen-bond acceptors (Lipinski definition) is 2.